The van der Waals surface area contributed by atoms with Crippen molar-refractivity contribution in [2.24, 2.45) is 17.8 Å². The topological polar surface area (TPSA) is 81.2 Å². The molecule has 0 radical (unpaired) electrons. The minimum absolute atomic E-state index is 0.0419. The van der Waals surface area contributed by atoms with E-state index < -0.39 is 28.7 Å². The molecule has 1 aromatic carbocycles. The Kier molecular flexibility index (Phi) is 7.74. The SMILES string of the molecule is CCCCCN1CC=C[C@]23S[C@@H]4C=CCN(c5ccccc5)C(=O)[C@@H]4[C@H]2C(=O)N([C@@H](CO)C(C)C)C3C1=O. The number of carbonyl (C=O) groups is 3. The van der Waals surface area contributed by atoms with Crippen LogP contribution in [0.3, 0.4) is 0 Å². The Balaban J connectivity index is 1.59. The Morgan fingerprint density at radius 3 is 2.47 bits per heavy atom. The smallest absolute Gasteiger partial charge is 0.247 e. The van der Waals surface area contributed by atoms with E-state index in [4.69, 9.17) is 0 Å². The van der Waals surface area contributed by atoms with Gasteiger partial charge in [0.05, 0.1) is 29.2 Å². The van der Waals surface area contributed by atoms with E-state index in [0.717, 1.165) is 24.9 Å². The van der Waals surface area contributed by atoms with Crippen LogP contribution in [0.15, 0.2) is 54.6 Å². The maximum atomic E-state index is 14.4. The van der Waals surface area contributed by atoms with Gasteiger partial charge >= 0.3 is 0 Å². The van der Waals surface area contributed by atoms with Crippen molar-refractivity contribution in [3.63, 3.8) is 0 Å². The number of fused-ring (bicyclic) bond motifs is 2. The Bertz CT molecular complexity index is 1120. The number of benzene rings is 1. The fraction of sp³-hybridized carbons (Fsp3) is 0.567. The highest BCUT2D eigenvalue weighted by Crippen LogP contribution is 2.61. The number of carbonyl (C=O) groups excluding carboxylic acids is 3. The second kappa shape index (κ2) is 10.9. The van der Waals surface area contributed by atoms with Crippen LogP contribution in [0.1, 0.15) is 40.0 Å². The molecule has 4 aliphatic heterocycles. The Labute approximate surface area is 229 Å². The second-order valence-electron chi connectivity index (χ2n) is 11.2. The molecule has 0 bridgehead atoms. The standard InChI is InChI=1S/C30H39N3O4S/c1-4-5-9-16-31-17-11-15-30-25(28(36)33(26(30)29(31)37)22(19-34)20(2)3)24-23(38-30)14-10-18-32(27(24)35)21-12-7-6-8-13-21/h6-8,10-15,20,22-26,34H,4-5,9,16-19H2,1-3H3/t22-,23+,24-,25-,26?,30-/m0/s1. The molecule has 2 saturated heterocycles. The van der Waals surface area contributed by atoms with Gasteiger partial charge in [-0.15, -0.1) is 11.8 Å². The summed E-state index contributed by atoms with van der Waals surface area (Å²) in [4.78, 5) is 48.2. The van der Waals surface area contributed by atoms with Crippen LogP contribution >= 0.6 is 11.8 Å². The van der Waals surface area contributed by atoms with Crippen molar-refractivity contribution < 1.29 is 19.5 Å². The van der Waals surface area contributed by atoms with Gasteiger partial charge in [-0.05, 0) is 24.5 Å². The number of rotatable bonds is 8. The van der Waals surface area contributed by atoms with Crippen molar-refractivity contribution in [3.8, 4) is 0 Å². The van der Waals surface area contributed by atoms with Crippen molar-refractivity contribution in [1.29, 1.82) is 0 Å². The number of unbranched alkanes of at least 4 members (excludes halogenated alkanes) is 2. The van der Waals surface area contributed by atoms with Gasteiger partial charge in [0.15, 0.2) is 0 Å². The van der Waals surface area contributed by atoms with E-state index in [9.17, 15) is 19.5 Å². The number of nitrogens with zero attached hydrogens (tertiary/aromatic N) is 3. The third-order valence-corrected chi connectivity index (χ3v) is 10.3. The fourth-order valence-electron chi connectivity index (χ4n) is 6.69. The summed E-state index contributed by atoms with van der Waals surface area (Å²) in [6.45, 7) is 7.44. The van der Waals surface area contributed by atoms with Gasteiger partial charge in [-0.25, -0.2) is 0 Å². The number of para-hydroxylation sites is 1. The van der Waals surface area contributed by atoms with Crippen LogP contribution in [0.5, 0.6) is 0 Å². The molecule has 1 N–H and O–H groups in total. The highest BCUT2D eigenvalue weighted by atomic mass is 32.2. The predicted octanol–water partition coefficient (Wildman–Crippen LogP) is 3.49. The third-order valence-electron chi connectivity index (χ3n) is 8.59. The van der Waals surface area contributed by atoms with Crippen molar-refractivity contribution >= 4 is 35.2 Å². The zero-order chi connectivity index (χ0) is 27.0. The van der Waals surface area contributed by atoms with E-state index in [1.807, 2.05) is 61.2 Å². The van der Waals surface area contributed by atoms with Gasteiger partial charge in [0.1, 0.15) is 6.04 Å². The minimum Gasteiger partial charge on any atom is -0.394 e. The van der Waals surface area contributed by atoms with Crippen LogP contribution in [0.4, 0.5) is 5.69 Å². The molecular weight excluding hydrogens is 498 g/mol. The summed E-state index contributed by atoms with van der Waals surface area (Å²) in [6, 6.07) is 8.33. The average molecular weight is 538 g/mol. The number of aliphatic hydroxyl groups is 1. The van der Waals surface area contributed by atoms with Gasteiger partial charge in [0.25, 0.3) is 0 Å². The van der Waals surface area contributed by atoms with Crippen molar-refractivity contribution in [2.45, 2.75) is 62.1 Å². The lowest BCUT2D eigenvalue weighted by Crippen LogP contribution is -2.57. The average Bonchev–Trinajstić information content (AvgIpc) is 3.22. The van der Waals surface area contributed by atoms with Crippen LogP contribution in [0.2, 0.25) is 0 Å². The second-order valence-corrected chi connectivity index (χ2v) is 12.7. The van der Waals surface area contributed by atoms with Crippen molar-refractivity contribution in [2.75, 3.05) is 31.1 Å². The lowest BCUT2D eigenvalue weighted by molar-refractivity contribution is -0.146. The Morgan fingerprint density at radius 2 is 1.79 bits per heavy atom. The van der Waals surface area contributed by atoms with Gasteiger partial charge in [-0.1, -0.05) is 76.1 Å². The molecule has 3 amide bonds. The normalized spacial score (nSPS) is 31.4. The monoisotopic (exact) mass is 537 g/mol. The first-order valence-electron chi connectivity index (χ1n) is 14.0. The maximum absolute atomic E-state index is 14.4. The summed E-state index contributed by atoms with van der Waals surface area (Å²) >= 11 is 1.59. The lowest BCUT2D eigenvalue weighted by Gasteiger charge is -2.39. The van der Waals surface area contributed by atoms with E-state index in [1.165, 1.54) is 0 Å². The molecule has 5 rings (SSSR count). The molecule has 1 spiro atoms. The zero-order valence-electron chi connectivity index (χ0n) is 22.5. The van der Waals surface area contributed by atoms with Crippen molar-refractivity contribution in [3.05, 3.63) is 54.6 Å². The molecule has 0 aliphatic carbocycles. The first kappa shape index (κ1) is 27.0. The Morgan fingerprint density at radius 1 is 1.03 bits per heavy atom. The molecule has 2 fully saturated rings. The number of amides is 3. The molecule has 204 valence electrons. The lowest BCUT2D eigenvalue weighted by atomic mass is 9.78. The number of likely N-dealkylation sites (tertiary alicyclic amines) is 1. The number of hydrogen-bond acceptors (Lipinski definition) is 5. The van der Waals surface area contributed by atoms with Gasteiger partial charge in [-0.2, -0.15) is 0 Å². The van der Waals surface area contributed by atoms with E-state index in [2.05, 4.69) is 19.1 Å². The van der Waals surface area contributed by atoms with Gasteiger partial charge in [0, 0.05) is 30.6 Å². The molecular formula is C30H39N3O4S. The number of thioether (sulfide) groups is 1. The molecule has 1 aromatic rings. The summed E-state index contributed by atoms with van der Waals surface area (Å²) in [6.07, 6.45) is 11.2. The van der Waals surface area contributed by atoms with Crippen LogP contribution in [-0.2, 0) is 14.4 Å². The maximum Gasteiger partial charge on any atom is 0.247 e. The Hall–Kier alpha value is -2.58. The van der Waals surface area contributed by atoms with Crippen molar-refractivity contribution in [1.82, 2.24) is 9.80 Å². The molecule has 4 heterocycles. The summed E-state index contributed by atoms with van der Waals surface area (Å²) < 4.78 is -0.856. The summed E-state index contributed by atoms with van der Waals surface area (Å²) in [5.74, 6) is -1.64. The first-order valence-corrected chi connectivity index (χ1v) is 14.8. The minimum atomic E-state index is -0.856. The summed E-state index contributed by atoms with van der Waals surface area (Å²) in [5.41, 5.74) is 0.803. The molecule has 38 heavy (non-hydrogen) atoms. The predicted molar refractivity (Wildman–Crippen MR) is 151 cm³/mol. The van der Waals surface area contributed by atoms with Gasteiger partial charge in [-0.3, -0.25) is 14.4 Å². The van der Waals surface area contributed by atoms with Crippen LogP contribution < -0.4 is 4.90 Å². The summed E-state index contributed by atoms with van der Waals surface area (Å²) in [5, 5.41) is 10.2. The first-order chi connectivity index (χ1) is 18.4. The number of hydrogen-bond donors (Lipinski definition) is 1. The quantitative estimate of drug-likeness (QED) is 0.406. The van der Waals surface area contributed by atoms with Gasteiger partial charge in [0.2, 0.25) is 17.7 Å². The molecule has 8 heteroatoms. The van der Waals surface area contributed by atoms with E-state index >= 15 is 0 Å². The van der Waals surface area contributed by atoms with Crippen LogP contribution in [0.25, 0.3) is 0 Å². The highest BCUT2D eigenvalue weighted by molar-refractivity contribution is 8.02. The van der Waals surface area contributed by atoms with E-state index in [1.54, 1.807) is 21.6 Å². The van der Waals surface area contributed by atoms with Crippen LogP contribution in [-0.4, -0.2) is 80.9 Å². The molecule has 4 aliphatic rings. The molecule has 1 unspecified atom stereocenters. The zero-order valence-corrected chi connectivity index (χ0v) is 23.3. The summed E-state index contributed by atoms with van der Waals surface area (Å²) in [7, 11) is 0. The molecule has 0 aromatic heterocycles. The molecule has 0 saturated carbocycles. The molecule has 6 atom stereocenters. The van der Waals surface area contributed by atoms with Crippen LogP contribution in [0, 0.1) is 17.8 Å². The number of anilines is 1. The fourth-order valence-corrected chi connectivity index (χ4v) is 8.69. The van der Waals surface area contributed by atoms with Gasteiger partial charge < -0.3 is 19.8 Å². The van der Waals surface area contributed by atoms with E-state index in [0.29, 0.717) is 19.6 Å². The number of aliphatic hydroxyl groups excluding tert-OH is 1. The largest absolute Gasteiger partial charge is 0.394 e. The molecule has 7 nitrogen and oxygen atoms in total. The third kappa shape index (κ3) is 4.30. The van der Waals surface area contributed by atoms with E-state index in [-0.39, 0.29) is 35.5 Å². The highest BCUT2D eigenvalue weighted by Gasteiger charge is 2.71.